The standard InChI is InChI=1S/C15H14Cl2N2O3S2/c16-9-2-1-3-10(17)13(9)19-11-6-24(21,22)7-12(11)23-15(19)18-14(20)8-4-5-8/h1-3,8,11-12H,4-7H2/t11-,12-/m1/s1. The van der Waals surface area contributed by atoms with E-state index < -0.39 is 9.84 Å². The number of hydrogen-bond acceptors (Lipinski definition) is 4. The van der Waals surface area contributed by atoms with Gasteiger partial charge in [0.25, 0.3) is 5.91 Å². The van der Waals surface area contributed by atoms with Crippen LogP contribution in [0, 0.1) is 5.92 Å². The fraction of sp³-hybridized carbons (Fsp3) is 0.467. The second kappa shape index (κ2) is 5.90. The monoisotopic (exact) mass is 404 g/mol. The summed E-state index contributed by atoms with van der Waals surface area (Å²) in [6.45, 7) is 0. The normalized spacial score (nSPS) is 29.9. The van der Waals surface area contributed by atoms with E-state index in [0.717, 1.165) is 12.8 Å². The highest BCUT2D eigenvalue weighted by Crippen LogP contribution is 2.46. The van der Waals surface area contributed by atoms with Crippen molar-refractivity contribution >= 4 is 61.6 Å². The smallest absolute Gasteiger partial charge is 0.251 e. The summed E-state index contributed by atoms with van der Waals surface area (Å²) in [6, 6.07) is 4.82. The van der Waals surface area contributed by atoms with Gasteiger partial charge in [-0.3, -0.25) is 4.79 Å². The van der Waals surface area contributed by atoms with Crippen molar-refractivity contribution < 1.29 is 13.2 Å². The summed E-state index contributed by atoms with van der Waals surface area (Å²) >= 11 is 14.0. The van der Waals surface area contributed by atoms with Crippen LogP contribution in [0.5, 0.6) is 0 Å². The Morgan fingerprint density at radius 2 is 1.88 bits per heavy atom. The number of benzene rings is 1. The average molecular weight is 405 g/mol. The van der Waals surface area contributed by atoms with Gasteiger partial charge in [0.15, 0.2) is 15.0 Å². The molecule has 0 unspecified atom stereocenters. The van der Waals surface area contributed by atoms with Gasteiger partial charge in [0.1, 0.15) is 0 Å². The molecule has 0 N–H and O–H groups in total. The van der Waals surface area contributed by atoms with Crippen LogP contribution in [0.2, 0.25) is 10.0 Å². The number of hydrogen-bond donors (Lipinski definition) is 0. The van der Waals surface area contributed by atoms with Gasteiger partial charge in [0.05, 0.1) is 33.3 Å². The molecule has 0 radical (unpaired) electrons. The summed E-state index contributed by atoms with van der Waals surface area (Å²) in [6.07, 6.45) is 1.74. The first-order chi connectivity index (χ1) is 11.4. The summed E-state index contributed by atoms with van der Waals surface area (Å²) in [5.41, 5.74) is 0.528. The number of thioether (sulfide) groups is 1. The van der Waals surface area contributed by atoms with Crippen molar-refractivity contribution in [1.82, 2.24) is 0 Å². The van der Waals surface area contributed by atoms with Crippen molar-refractivity contribution in [3.05, 3.63) is 28.2 Å². The van der Waals surface area contributed by atoms with Gasteiger partial charge >= 0.3 is 0 Å². The van der Waals surface area contributed by atoms with Crippen molar-refractivity contribution in [3.63, 3.8) is 0 Å². The van der Waals surface area contributed by atoms with Crippen molar-refractivity contribution in [1.29, 1.82) is 0 Å². The number of fused-ring (bicyclic) bond motifs is 1. The number of amides is 1. The Labute approximate surface area is 154 Å². The zero-order valence-corrected chi connectivity index (χ0v) is 15.6. The second-order valence-corrected chi connectivity index (χ2v) is 10.4. The number of aliphatic imine (C=N–C) groups is 1. The van der Waals surface area contributed by atoms with Gasteiger partial charge in [-0.25, -0.2) is 8.42 Å². The Morgan fingerprint density at radius 3 is 2.50 bits per heavy atom. The lowest BCUT2D eigenvalue weighted by molar-refractivity contribution is -0.118. The van der Waals surface area contributed by atoms with Crippen LogP contribution in [0.15, 0.2) is 23.2 Å². The minimum absolute atomic E-state index is 0.00541. The third kappa shape index (κ3) is 2.96. The third-order valence-electron chi connectivity index (χ3n) is 4.38. The first-order valence-electron chi connectivity index (χ1n) is 7.58. The molecule has 3 fully saturated rings. The van der Waals surface area contributed by atoms with Gasteiger partial charge in [0.2, 0.25) is 0 Å². The fourth-order valence-electron chi connectivity index (χ4n) is 3.06. The highest BCUT2D eigenvalue weighted by molar-refractivity contribution is 8.16. The molecule has 4 rings (SSSR count). The molecular weight excluding hydrogens is 391 g/mol. The molecule has 3 aliphatic rings. The van der Waals surface area contributed by atoms with Crippen LogP contribution < -0.4 is 4.90 Å². The molecule has 0 spiro atoms. The number of nitrogens with zero attached hydrogens (tertiary/aromatic N) is 2. The maximum Gasteiger partial charge on any atom is 0.251 e. The molecule has 2 heterocycles. The van der Waals surface area contributed by atoms with E-state index in [-0.39, 0.29) is 34.6 Å². The Bertz CT molecular complexity index is 832. The van der Waals surface area contributed by atoms with E-state index in [1.807, 2.05) is 0 Å². The van der Waals surface area contributed by atoms with Gasteiger partial charge in [-0.1, -0.05) is 41.0 Å². The molecule has 1 aliphatic carbocycles. The molecule has 0 aromatic heterocycles. The van der Waals surface area contributed by atoms with Crippen LogP contribution in [0.1, 0.15) is 12.8 Å². The molecular formula is C15H14Cl2N2O3S2. The van der Waals surface area contributed by atoms with Crippen molar-refractivity contribution in [3.8, 4) is 0 Å². The predicted octanol–water partition coefficient (Wildman–Crippen LogP) is 3.00. The lowest BCUT2D eigenvalue weighted by Gasteiger charge is -2.26. The van der Waals surface area contributed by atoms with Gasteiger partial charge in [-0.2, -0.15) is 4.99 Å². The van der Waals surface area contributed by atoms with E-state index in [1.54, 1.807) is 23.1 Å². The minimum atomic E-state index is -3.12. The van der Waals surface area contributed by atoms with Crippen LogP contribution in [-0.4, -0.2) is 42.3 Å². The quantitative estimate of drug-likeness (QED) is 0.757. The Hall–Kier alpha value is -0.760. The highest BCUT2D eigenvalue weighted by atomic mass is 35.5. The van der Waals surface area contributed by atoms with E-state index in [1.165, 1.54) is 11.8 Å². The number of rotatable bonds is 2. The van der Waals surface area contributed by atoms with Gasteiger partial charge in [-0.05, 0) is 25.0 Å². The molecule has 128 valence electrons. The lowest BCUT2D eigenvalue weighted by Crippen LogP contribution is -2.38. The third-order valence-corrected chi connectivity index (χ3v) is 8.20. The number of halogens is 2. The largest absolute Gasteiger partial charge is 0.313 e. The molecule has 5 nitrogen and oxygen atoms in total. The molecule has 24 heavy (non-hydrogen) atoms. The molecule has 2 aliphatic heterocycles. The molecule has 1 aromatic rings. The first kappa shape index (κ1) is 16.7. The molecule has 2 atom stereocenters. The molecule has 1 saturated carbocycles. The fourth-order valence-corrected chi connectivity index (χ4v) is 7.55. The van der Waals surface area contributed by atoms with E-state index in [2.05, 4.69) is 4.99 Å². The SMILES string of the molecule is O=C(N=C1S[C@@H]2CS(=O)(=O)C[C@H]2N1c1c(Cl)cccc1Cl)C1CC1. The average Bonchev–Trinajstić information content (AvgIpc) is 3.23. The molecule has 9 heteroatoms. The molecule has 2 saturated heterocycles. The maximum atomic E-state index is 12.1. The first-order valence-corrected chi connectivity index (χ1v) is 11.0. The Morgan fingerprint density at radius 1 is 1.21 bits per heavy atom. The van der Waals surface area contributed by atoms with Crippen LogP contribution in [0.3, 0.4) is 0 Å². The Kier molecular flexibility index (Phi) is 4.10. The molecule has 1 amide bonds. The molecule has 1 aromatic carbocycles. The topological polar surface area (TPSA) is 66.8 Å². The van der Waals surface area contributed by atoms with E-state index in [9.17, 15) is 13.2 Å². The number of para-hydroxylation sites is 1. The van der Waals surface area contributed by atoms with Gasteiger partial charge < -0.3 is 4.90 Å². The Balaban J connectivity index is 1.79. The van der Waals surface area contributed by atoms with Crippen molar-refractivity contribution in [2.75, 3.05) is 16.4 Å². The molecule has 0 bridgehead atoms. The number of anilines is 1. The van der Waals surface area contributed by atoms with E-state index in [4.69, 9.17) is 23.2 Å². The summed E-state index contributed by atoms with van der Waals surface area (Å²) in [4.78, 5) is 18.2. The zero-order chi connectivity index (χ0) is 17.1. The van der Waals surface area contributed by atoms with Crippen molar-refractivity contribution in [2.24, 2.45) is 10.9 Å². The summed E-state index contributed by atoms with van der Waals surface area (Å²) < 4.78 is 24.1. The van der Waals surface area contributed by atoms with Gasteiger partial charge in [0, 0.05) is 11.2 Å². The summed E-state index contributed by atoms with van der Waals surface area (Å²) in [7, 11) is -3.12. The predicted molar refractivity (Wildman–Crippen MR) is 97.9 cm³/mol. The number of sulfone groups is 1. The van der Waals surface area contributed by atoms with Crippen LogP contribution in [-0.2, 0) is 14.6 Å². The van der Waals surface area contributed by atoms with Crippen LogP contribution >= 0.6 is 35.0 Å². The minimum Gasteiger partial charge on any atom is -0.313 e. The zero-order valence-electron chi connectivity index (χ0n) is 12.5. The summed E-state index contributed by atoms with van der Waals surface area (Å²) in [5, 5.41) is 1.18. The lowest BCUT2D eigenvalue weighted by atomic mass is 10.2. The second-order valence-electron chi connectivity index (χ2n) is 6.25. The van der Waals surface area contributed by atoms with Gasteiger partial charge in [-0.15, -0.1) is 0 Å². The highest BCUT2D eigenvalue weighted by Gasteiger charge is 2.50. The van der Waals surface area contributed by atoms with E-state index >= 15 is 0 Å². The number of amidine groups is 1. The van der Waals surface area contributed by atoms with Crippen LogP contribution in [0.4, 0.5) is 5.69 Å². The summed E-state index contributed by atoms with van der Waals surface area (Å²) in [5.74, 6) is -0.0419. The van der Waals surface area contributed by atoms with E-state index in [0.29, 0.717) is 20.9 Å². The van der Waals surface area contributed by atoms with Crippen LogP contribution in [0.25, 0.3) is 0 Å². The number of carbonyl (C=O) groups excluding carboxylic acids is 1. The van der Waals surface area contributed by atoms with Crippen molar-refractivity contribution in [2.45, 2.75) is 24.1 Å². The maximum absolute atomic E-state index is 12.1. The number of carbonyl (C=O) groups is 1.